The van der Waals surface area contributed by atoms with Crippen LogP contribution in [0.15, 0.2) is 42.4 Å². The molecule has 0 bridgehead atoms. The molecule has 0 saturated carbocycles. The first-order chi connectivity index (χ1) is 7.07. The average Bonchev–Trinajstić information content (AvgIpc) is 2.67. The topological polar surface area (TPSA) is 38.7 Å². The third-order valence-electron chi connectivity index (χ3n) is 2.21. The van der Waals surface area contributed by atoms with Crippen LogP contribution in [0.5, 0.6) is 0 Å². The maximum atomic E-state index is 9.71. The second kappa shape index (κ2) is 3.59. The summed E-state index contributed by atoms with van der Waals surface area (Å²) in [5.74, 6) is 0.455. The minimum absolute atomic E-state index is 0.437. The van der Waals surface area contributed by atoms with Crippen LogP contribution in [0.3, 0.4) is 0 Å². The summed E-state index contributed by atoms with van der Waals surface area (Å²) in [7, 11) is 0. The molecular weight excluding hydrogens is 192 g/mol. The van der Waals surface area contributed by atoms with Gasteiger partial charge in [0.05, 0.1) is 0 Å². The van der Waals surface area contributed by atoms with Gasteiger partial charge in [-0.15, -0.1) is 0 Å². The summed E-state index contributed by atoms with van der Waals surface area (Å²) in [6.45, 7) is 3.32. The maximum Gasteiger partial charge on any atom is 0.266 e. The summed E-state index contributed by atoms with van der Waals surface area (Å²) < 4.78 is 10.8. The second-order valence-electron chi connectivity index (χ2n) is 4.04. The van der Waals surface area contributed by atoms with Crippen LogP contribution in [0.1, 0.15) is 25.7 Å². The summed E-state index contributed by atoms with van der Waals surface area (Å²) in [5, 5.41) is 9.71. The normalized spacial score (nSPS) is 20.5. The van der Waals surface area contributed by atoms with Crippen molar-refractivity contribution in [3.05, 3.63) is 47.9 Å². The van der Waals surface area contributed by atoms with Crippen LogP contribution >= 0.6 is 0 Å². The molecule has 0 saturated heterocycles. The molecule has 15 heavy (non-hydrogen) atoms. The van der Waals surface area contributed by atoms with Gasteiger partial charge in [-0.3, -0.25) is 0 Å². The molecule has 0 fully saturated rings. The number of benzene rings is 1. The fourth-order valence-electron chi connectivity index (χ4n) is 1.34. The van der Waals surface area contributed by atoms with Gasteiger partial charge in [-0.05, 0) is 13.8 Å². The van der Waals surface area contributed by atoms with Gasteiger partial charge < -0.3 is 14.6 Å². The second-order valence-corrected chi connectivity index (χ2v) is 4.04. The van der Waals surface area contributed by atoms with Crippen LogP contribution in [-0.2, 0) is 9.47 Å². The molecule has 1 unspecified atom stereocenters. The van der Waals surface area contributed by atoms with Crippen LogP contribution in [0.2, 0.25) is 0 Å². The molecule has 0 aliphatic carbocycles. The number of hydrogen-bond acceptors (Lipinski definition) is 3. The van der Waals surface area contributed by atoms with Crippen molar-refractivity contribution in [2.24, 2.45) is 0 Å². The van der Waals surface area contributed by atoms with E-state index in [2.05, 4.69) is 0 Å². The van der Waals surface area contributed by atoms with Crippen molar-refractivity contribution in [1.29, 1.82) is 0 Å². The zero-order valence-electron chi connectivity index (χ0n) is 8.81. The van der Waals surface area contributed by atoms with Gasteiger partial charge >= 0.3 is 0 Å². The van der Waals surface area contributed by atoms with Crippen LogP contribution in [-0.4, -0.2) is 10.7 Å². The number of hydrogen-bond donors (Lipinski definition) is 1. The highest BCUT2D eigenvalue weighted by Crippen LogP contribution is 2.32. The minimum Gasteiger partial charge on any atom is -0.455 e. The molecule has 1 heterocycles. The van der Waals surface area contributed by atoms with Crippen molar-refractivity contribution < 1.29 is 14.6 Å². The monoisotopic (exact) mass is 206 g/mol. The van der Waals surface area contributed by atoms with E-state index in [9.17, 15) is 5.11 Å². The molecule has 0 radical (unpaired) electrons. The van der Waals surface area contributed by atoms with Crippen molar-refractivity contribution in [2.45, 2.75) is 25.7 Å². The number of rotatable bonds is 2. The lowest BCUT2D eigenvalue weighted by Crippen LogP contribution is -2.22. The number of ether oxygens (including phenoxy) is 2. The lowest BCUT2D eigenvalue weighted by atomic mass is 10.1. The van der Waals surface area contributed by atoms with Gasteiger partial charge in [0.2, 0.25) is 0 Å². The van der Waals surface area contributed by atoms with Gasteiger partial charge in [-0.25, -0.2) is 0 Å². The molecule has 0 aromatic heterocycles. The first-order valence-electron chi connectivity index (χ1n) is 4.87. The van der Waals surface area contributed by atoms with E-state index in [1.807, 2.05) is 30.3 Å². The lowest BCUT2D eigenvalue weighted by molar-refractivity contribution is -0.0606. The van der Waals surface area contributed by atoms with Crippen LogP contribution in [0.4, 0.5) is 0 Å². The summed E-state index contributed by atoms with van der Waals surface area (Å²) in [6.07, 6.45) is 1.03. The van der Waals surface area contributed by atoms with E-state index in [0.717, 1.165) is 5.56 Å². The molecule has 1 aromatic rings. The molecule has 3 heteroatoms. The zero-order valence-corrected chi connectivity index (χ0v) is 8.81. The Bertz CT molecular complexity index is 362. The standard InChI is InChI=1S/C12H14O3/c1-12(2,13)10-8-14-11(15-10)9-6-4-3-5-7-9/h3-8,11,13H,1-2H3. The summed E-state index contributed by atoms with van der Waals surface area (Å²) >= 11 is 0. The molecule has 1 aromatic carbocycles. The molecule has 2 rings (SSSR count). The molecule has 0 amide bonds. The van der Waals surface area contributed by atoms with Crippen molar-refractivity contribution in [3.8, 4) is 0 Å². The first-order valence-corrected chi connectivity index (χ1v) is 4.87. The largest absolute Gasteiger partial charge is 0.455 e. The van der Waals surface area contributed by atoms with Crippen LogP contribution < -0.4 is 0 Å². The Balaban J connectivity index is 2.09. The molecule has 0 spiro atoms. The van der Waals surface area contributed by atoms with Crippen molar-refractivity contribution in [1.82, 2.24) is 0 Å². The van der Waals surface area contributed by atoms with Gasteiger partial charge in [-0.1, -0.05) is 30.3 Å². The third-order valence-corrected chi connectivity index (χ3v) is 2.21. The molecule has 1 aliphatic heterocycles. The van der Waals surface area contributed by atoms with Gasteiger partial charge in [0.1, 0.15) is 11.9 Å². The Morgan fingerprint density at radius 1 is 1.20 bits per heavy atom. The molecule has 1 aliphatic rings. The summed E-state index contributed by atoms with van der Waals surface area (Å²) in [6, 6.07) is 9.62. The fourth-order valence-corrected chi connectivity index (χ4v) is 1.34. The smallest absolute Gasteiger partial charge is 0.266 e. The Hall–Kier alpha value is -1.48. The quantitative estimate of drug-likeness (QED) is 0.807. The van der Waals surface area contributed by atoms with Gasteiger partial charge in [0.15, 0.2) is 5.76 Å². The average molecular weight is 206 g/mol. The Morgan fingerprint density at radius 2 is 1.87 bits per heavy atom. The van der Waals surface area contributed by atoms with E-state index < -0.39 is 11.9 Å². The molecular formula is C12H14O3. The third kappa shape index (κ3) is 2.13. The Labute approximate surface area is 88.9 Å². The minimum atomic E-state index is -0.996. The Morgan fingerprint density at radius 3 is 2.40 bits per heavy atom. The van der Waals surface area contributed by atoms with E-state index in [4.69, 9.17) is 9.47 Å². The van der Waals surface area contributed by atoms with Gasteiger partial charge in [0, 0.05) is 5.56 Å². The number of aliphatic hydroxyl groups is 1. The molecule has 1 N–H and O–H groups in total. The predicted molar refractivity (Wildman–Crippen MR) is 55.7 cm³/mol. The molecule has 3 nitrogen and oxygen atoms in total. The van der Waals surface area contributed by atoms with Gasteiger partial charge in [-0.2, -0.15) is 0 Å². The fraction of sp³-hybridized carbons (Fsp3) is 0.333. The van der Waals surface area contributed by atoms with E-state index in [0.29, 0.717) is 5.76 Å². The van der Waals surface area contributed by atoms with E-state index >= 15 is 0 Å². The highest BCUT2D eigenvalue weighted by molar-refractivity contribution is 5.19. The van der Waals surface area contributed by atoms with E-state index in [-0.39, 0.29) is 0 Å². The Kier molecular flexibility index (Phi) is 2.40. The van der Waals surface area contributed by atoms with E-state index in [1.54, 1.807) is 13.8 Å². The maximum absolute atomic E-state index is 9.71. The van der Waals surface area contributed by atoms with Crippen molar-refractivity contribution in [3.63, 3.8) is 0 Å². The SMILES string of the molecule is CC(C)(O)C1=COC(c2ccccc2)O1. The van der Waals surface area contributed by atoms with Gasteiger partial charge in [0.25, 0.3) is 6.29 Å². The van der Waals surface area contributed by atoms with Crippen molar-refractivity contribution in [2.75, 3.05) is 0 Å². The summed E-state index contributed by atoms with van der Waals surface area (Å²) in [5.41, 5.74) is -0.0585. The predicted octanol–water partition coefficient (Wildman–Crippen LogP) is 2.34. The first kappa shape index (κ1) is 10.1. The zero-order chi connectivity index (χ0) is 10.9. The van der Waals surface area contributed by atoms with E-state index in [1.165, 1.54) is 6.26 Å². The highest BCUT2D eigenvalue weighted by Gasteiger charge is 2.30. The molecule has 1 atom stereocenters. The van der Waals surface area contributed by atoms with Crippen molar-refractivity contribution >= 4 is 0 Å². The lowest BCUT2D eigenvalue weighted by Gasteiger charge is -2.19. The van der Waals surface area contributed by atoms with Crippen LogP contribution in [0.25, 0.3) is 0 Å². The molecule has 80 valence electrons. The summed E-state index contributed by atoms with van der Waals surface area (Å²) in [4.78, 5) is 0. The highest BCUT2D eigenvalue weighted by atomic mass is 16.7. The van der Waals surface area contributed by atoms with Crippen LogP contribution in [0, 0.1) is 0 Å².